The van der Waals surface area contributed by atoms with Crippen LogP contribution >= 0.6 is 15.9 Å². The Kier molecular flexibility index (Phi) is 4.10. The summed E-state index contributed by atoms with van der Waals surface area (Å²) in [4.78, 5) is 2.54. The summed E-state index contributed by atoms with van der Waals surface area (Å²) in [6, 6.07) is 7.75. The summed E-state index contributed by atoms with van der Waals surface area (Å²) in [5, 5.41) is 3.56. The van der Waals surface area contributed by atoms with Crippen LogP contribution in [0.25, 0.3) is 0 Å². The monoisotopic (exact) mass is 296 g/mol. The highest BCUT2D eigenvalue weighted by molar-refractivity contribution is 9.10. The lowest BCUT2D eigenvalue weighted by Crippen LogP contribution is -2.55. The highest BCUT2D eigenvalue weighted by atomic mass is 79.9. The van der Waals surface area contributed by atoms with Crippen LogP contribution in [-0.4, -0.2) is 25.2 Å². The zero-order chi connectivity index (χ0) is 12.4. The topological polar surface area (TPSA) is 15.3 Å². The molecule has 1 aromatic rings. The van der Waals surface area contributed by atoms with Crippen molar-refractivity contribution < 1.29 is 0 Å². The number of nitrogens with zero attached hydrogens (tertiary/aromatic N) is 1. The largest absolute Gasteiger partial charge is 0.365 e. The van der Waals surface area contributed by atoms with E-state index in [0.29, 0.717) is 12.1 Å². The van der Waals surface area contributed by atoms with Gasteiger partial charge in [0, 0.05) is 29.6 Å². The Bertz CT molecular complexity index is 392. The van der Waals surface area contributed by atoms with Crippen molar-refractivity contribution in [1.82, 2.24) is 5.32 Å². The Labute approximate surface area is 113 Å². The van der Waals surface area contributed by atoms with E-state index in [-0.39, 0.29) is 0 Å². The normalized spacial score (nSPS) is 25.1. The smallest absolute Gasteiger partial charge is 0.0516 e. The number of hydrogen-bond donors (Lipinski definition) is 1. The van der Waals surface area contributed by atoms with E-state index in [0.717, 1.165) is 13.1 Å². The second kappa shape index (κ2) is 5.40. The minimum atomic E-state index is 0.560. The Hall–Kier alpha value is -0.540. The fourth-order valence-corrected chi connectivity index (χ4v) is 2.93. The summed E-state index contributed by atoms with van der Waals surface area (Å²) in [5.74, 6) is 0. The lowest BCUT2D eigenvalue weighted by Gasteiger charge is -2.41. The Balaban J connectivity index is 2.31. The molecule has 0 amide bonds. The lowest BCUT2D eigenvalue weighted by molar-refractivity contribution is 0.402. The summed E-state index contributed by atoms with van der Waals surface area (Å²) >= 11 is 3.68. The molecule has 0 saturated carbocycles. The number of hydrogen-bond acceptors (Lipinski definition) is 2. The molecular weight excluding hydrogens is 276 g/mol. The summed E-state index contributed by atoms with van der Waals surface area (Å²) in [5.41, 5.74) is 2.66. The molecule has 17 heavy (non-hydrogen) atoms. The van der Waals surface area contributed by atoms with Gasteiger partial charge in [0.15, 0.2) is 0 Å². The number of nitrogens with one attached hydrogen (secondary N) is 1. The van der Waals surface area contributed by atoms with Crippen LogP contribution in [-0.2, 0) is 0 Å². The van der Waals surface area contributed by atoms with Crippen molar-refractivity contribution in [3.63, 3.8) is 0 Å². The van der Waals surface area contributed by atoms with Gasteiger partial charge in [-0.15, -0.1) is 0 Å². The first-order chi connectivity index (χ1) is 8.11. The third-order valence-electron chi connectivity index (χ3n) is 3.50. The molecular formula is C14H21BrN2. The average Bonchev–Trinajstić information content (AvgIpc) is 2.32. The molecule has 2 rings (SSSR count). The summed E-state index contributed by atoms with van der Waals surface area (Å²) in [6.07, 6.45) is 1.18. The number of anilines is 1. The van der Waals surface area contributed by atoms with Gasteiger partial charge in [0.1, 0.15) is 0 Å². The standard InChI is InChI=1S/C14H21BrN2/c1-4-12-8-16-11(3)9-17(12)14-7-10(2)5-6-13(14)15/h5-7,11-12,16H,4,8-9H2,1-3H3. The maximum Gasteiger partial charge on any atom is 0.0516 e. The molecule has 0 radical (unpaired) electrons. The third kappa shape index (κ3) is 2.83. The second-order valence-electron chi connectivity index (χ2n) is 4.98. The number of benzene rings is 1. The molecule has 0 aromatic heterocycles. The number of piperazine rings is 1. The summed E-state index contributed by atoms with van der Waals surface area (Å²) in [7, 11) is 0. The van der Waals surface area contributed by atoms with Gasteiger partial charge in [0.25, 0.3) is 0 Å². The van der Waals surface area contributed by atoms with Gasteiger partial charge in [-0.3, -0.25) is 0 Å². The van der Waals surface area contributed by atoms with Crippen LogP contribution in [0.2, 0.25) is 0 Å². The van der Waals surface area contributed by atoms with Crippen LogP contribution in [0.5, 0.6) is 0 Å². The van der Waals surface area contributed by atoms with E-state index in [1.807, 2.05) is 0 Å². The van der Waals surface area contributed by atoms with Crippen molar-refractivity contribution in [2.45, 2.75) is 39.3 Å². The molecule has 2 atom stereocenters. The van der Waals surface area contributed by atoms with Crippen molar-refractivity contribution in [2.75, 3.05) is 18.0 Å². The minimum Gasteiger partial charge on any atom is -0.365 e. The molecule has 2 nitrogen and oxygen atoms in total. The molecule has 3 heteroatoms. The van der Waals surface area contributed by atoms with Crippen LogP contribution < -0.4 is 10.2 Å². The molecule has 0 bridgehead atoms. The molecule has 1 aromatic carbocycles. The Morgan fingerprint density at radius 2 is 2.24 bits per heavy atom. The first kappa shape index (κ1) is 12.9. The van der Waals surface area contributed by atoms with Crippen molar-refractivity contribution in [3.8, 4) is 0 Å². The molecule has 1 N–H and O–H groups in total. The molecule has 1 aliphatic rings. The molecule has 2 unspecified atom stereocenters. The van der Waals surface area contributed by atoms with Gasteiger partial charge in [0.2, 0.25) is 0 Å². The minimum absolute atomic E-state index is 0.560. The number of aryl methyl sites for hydroxylation is 1. The molecule has 1 saturated heterocycles. The zero-order valence-electron chi connectivity index (χ0n) is 10.8. The van der Waals surface area contributed by atoms with E-state index >= 15 is 0 Å². The highest BCUT2D eigenvalue weighted by Gasteiger charge is 2.25. The predicted molar refractivity (Wildman–Crippen MR) is 77.8 cm³/mol. The van der Waals surface area contributed by atoms with Crippen LogP contribution in [0.15, 0.2) is 22.7 Å². The van der Waals surface area contributed by atoms with E-state index in [4.69, 9.17) is 0 Å². The van der Waals surface area contributed by atoms with Crippen molar-refractivity contribution in [3.05, 3.63) is 28.2 Å². The maximum absolute atomic E-state index is 3.68. The fraction of sp³-hybridized carbons (Fsp3) is 0.571. The average molecular weight is 297 g/mol. The van der Waals surface area contributed by atoms with Gasteiger partial charge >= 0.3 is 0 Å². The van der Waals surface area contributed by atoms with Crippen LogP contribution in [0, 0.1) is 6.92 Å². The molecule has 1 aliphatic heterocycles. The van der Waals surface area contributed by atoms with Gasteiger partial charge < -0.3 is 10.2 Å². The summed E-state index contributed by atoms with van der Waals surface area (Å²) in [6.45, 7) is 8.84. The maximum atomic E-state index is 3.68. The fourth-order valence-electron chi connectivity index (χ4n) is 2.46. The Morgan fingerprint density at radius 1 is 1.47 bits per heavy atom. The summed E-state index contributed by atoms with van der Waals surface area (Å²) < 4.78 is 1.20. The van der Waals surface area contributed by atoms with E-state index in [9.17, 15) is 0 Å². The Morgan fingerprint density at radius 3 is 2.94 bits per heavy atom. The first-order valence-electron chi connectivity index (χ1n) is 6.38. The van der Waals surface area contributed by atoms with Crippen molar-refractivity contribution in [2.24, 2.45) is 0 Å². The van der Waals surface area contributed by atoms with Gasteiger partial charge in [-0.1, -0.05) is 13.0 Å². The molecule has 0 spiro atoms. The van der Waals surface area contributed by atoms with Crippen LogP contribution in [0.1, 0.15) is 25.8 Å². The predicted octanol–water partition coefficient (Wildman–Crippen LogP) is 3.33. The van der Waals surface area contributed by atoms with Crippen molar-refractivity contribution in [1.29, 1.82) is 0 Å². The number of halogens is 1. The quantitative estimate of drug-likeness (QED) is 0.900. The van der Waals surface area contributed by atoms with Gasteiger partial charge in [-0.25, -0.2) is 0 Å². The van der Waals surface area contributed by atoms with Crippen LogP contribution in [0.3, 0.4) is 0 Å². The highest BCUT2D eigenvalue weighted by Crippen LogP contribution is 2.30. The molecule has 0 aliphatic carbocycles. The SMILES string of the molecule is CCC1CNC(C)CN1c1cc(C)ccc1Br. The lowest BCUT2D eigenvalue weighted by atomic mass is 10.1. The van der Waals surface area contributed by atoms with Gasteiger partial charge in [-0.05, 0) is 53.9 Å². The number of rotatable bonds is 2. The second-order valence-corrected chi connectivity index (χ2v) is 5.83. The zero-order valence-corrected chi connectivity index (χ0v) is 12.4. The van der Waals surface area contributed by atoms with Crippen LogP contribution in [0.4, 0.5) is 5.69 Å². The van der Waals surface area contributed by atoms with Gasteiger partial charge in [-0.2, -0.15) is 0 Å². The molecule has 1 fully saturated rings. The molecule has 1 heterocycles. The first-order valence-corrected chi connectivity index (χ1v) is 7.17. The van der Waals surface area contributed by atoms with E-state index < -0.39 is 0 Å². The molecule has 94 valence electrons. The van der Waals surface area contributed by atoms with E-state index in [1.54, 1.807) is 0 Å². The third-order valence-corrected chi connectivity index (χ3v) is 4.17. The van der Waals surface area contributed by atoms with Gasteiger partial charge in [0.05, 0.1) is 5.69 Å². The van der Waals surface area contributed by atoms with E-state index in [1.165, 1.54) is 22.1 Å². The van der Waals surface area contributed by atoms with E-state index in [2.05, 4.69) is 65.1 Å². The van der Waals surface area contributed by atoms with Crippen molar-refractivity contribution >= 4 is 21.6 Å².